The van der Waals surface area contributed by atoms with E-state index in [0.29, 0.717) is 18.7 Å². The fourth-order valence-electron chi connectivity index (χ4n) is 2.72. The minimum atomic E-state index is -1.01. The van der Waals surface area contributed by atoms with Gasteiger partial charge in [-0.2, -0.15) is 0 Å². The molecule has 2 N–H and O–H groups in total. The van der Waals surface area contributed by atoms with E-state index in [4.69, 9.17) is 11.6 Å². The van der Waals surface area contributed by atoms with E-state index in [1.165, 1.54) is 10.7 Å². The molecule has 0 saturated carbocycles. The first-order valence-electron chi connectivity index (χ1n) is 7.33. The lowest BCUT2D eigenvalue weighted by atomic mass is 10.1. The molecule has 0 bridgehead atoms. The first-order valence-corrected chi connectivity index (χ1v) is 7.70. The van der Waals surface area contributed by atoms with E-state index in [2.05, 4.69) is 20.7 Å². The predicted molar refractivity (Wildman–Crippen MR) is 81.8 cm³/mol. The second-order valence-electron chi connectivity index (χ2n) is 5.81. The summed E-state index contributed by atoms with van der Waals surface area (Å²) in [6.45, 7) is 4.86. The standard InChI is InChI=1S/C14H18ClF2N5/c1-7(2)13-11(15)12(17)10-6-19-14(21-22(10)13)20-9-3-4-18-5-8(9)16/h6-9,18H,3-5H2,1-2H3,(H,20,21)/t8-,9-/m1/s1. The maximum Gasteiger partial charge on any atom is 0.241 e. The van der Waals surface area contributed by atoms with E-state index in [9.17, 15) is 8.78 Å². The van der Waals surface area contributed by atoms with Crippen LogP contribution in [-0.4, -0.2) is 39.9 Å². The molecule has 0 aliphatic carbocycles. The van der Waals surface area contributed by atoms with Crippen molar-refractivity contribution in [3.8, 4) is 0 Å². The third-order valence-corrected chi connectivity index (χ3v) is 4.23. The molecule has 0 unspecified atom stereocenters. The number of piperidine rings is 1. The highest BCUT2D eigenvalue weighted by Gasteiger charge is 2.26. The van der Waals surface area contributed by atoms with Gasteiger partial charge in [0.25, 0.3) is 0 Å². The van der Waals surface area contributed by atoms with E-state index < -0.39 is 12.0 Å². The Hall–Kier alpha value is -1.47. The van der Waals surface area contributed by atoms with Crippen LogP contribution in [0.3, 0.4) is 0 Å². The van der Waals surface area contributed by atoms with Crippen LogP contribution in [0, 0.1) is 5.82 Å². The fourth-order valence-corrected chi connectivity index (χ4v) is 3.11. The fraction of sp³-hybridized carbons (Fsp3) is 0.571. The van der Waals surface area contributed by atoms with Gasteiger partial charge in [-0.1, -0.05) is 25.4 Å². The minimum absolute atomic E-state index is 0.0000502. The summed E-state index contributed by atoms with van der Waals surface area (Å²) in [5.74, 6) is -0.252. The largest absolute Gasteiger partial charge is 0.347 e. The molecule has 1 aliphatic rings. The van der Waals surface area contributed by atoms with Gasteiger partial charge in [-0.15, -0.1) is 5.10 Å². The molecular formula is C14H18ClF2N5. The Bertz CT molecular complexity index is 687. The molecule has 1 fully saturated rings. The van der Waals surface area contributed by atoms with Gasteiger partial charge < -0.3 is 10.6 Å². The van der Waals surface area contributed by atoms with Gasteiger partial charge in [0.15, 0.2) is 5.82 Å². The monoisotopic (exact) mass is 329 g/mol. The Morgan fingerprint density at radius 2 is 2.27 bits per heavy atom. The van der Waals surface area contributed by atoms with Crippen molar-refractivity contribution in [3.05, 3.63) is 22.7 Å². The average Bonchev–Trinajstić information content (AvgIpc) is 2.73. The number of hydrogen-bond donors (Lipinski definition) is 2. The molecule has 120 valence electrons. The van der Waals surface area contributed by atoms with Crippen molar-refractivity contribution in [2.24, 2.45) is 0 Å². The molecule has 22 heavy (non-hydrogen) atoms. The summed E-state index contributed by atoms with van der Waals surface area (Å²) in [7, 11) is 0. The minimum Gasteiger partial charge on any atom is -0.347 e. The molecular weight excluding hydrogens is 312 g/mol. The third-order valence-electron chi connectivity index (χ3n) is 3.87. The van der Waals surface area contributed by atoms with Gasteiger partial charge >= 0.3 is 0 Å². The highest BCUT2D eigenvalue weighted by Crippen LogP contribution is 2.31. The molecule has 2 aromatic rings. The van der Waals surface area contributed by atoms with Crippen LogP contribution in [0.4, 0.5) is 14.7 Å². The van der Waals surface area contributed by atoms with Crippen molar-refractivity contribution in [1.29, 1.82) is 0 Å². The highest BCUT2D eigenvalue weighted by atomic mass is 35.5. The van der Waals surface area contributed by atoms with Crippen LogP contribution in [0.1, 0.15) is 31.9 Å². The van der Waals surface area contributed by atoms with Crippen molar-refractivity contribution in [2.45, 2.75) is 38.4 Å². The number of nitrogens with one attached hydrogen (secondary N) is 2. The van der Waals surface area contributed by atoms with E-state index in [0.717, 1.165) is 6.54 Å². The van der Waals surface area contributed by atoms with Crippen molar-refractivity contribution in [1.82, 2.24) is 19.9 Å². The zero-order valence-electron chi connectivity index (χ0n) is 12.4. The summed E-state index contributed by atoms with van der Waals surface area (Å²) in [5, 5.41) is 10.3. The zero-order chi connectivity index (χ0) is 15.9. The molecule has 8 heteroatoms. The molecule has 5 nitrogen and oxygen atoms in total. The first kappa shape index (κ1) is 15.4. The van der Waals surface area contributed by atoms with Crippen molar-refractivity contribution in [2.75, 3.05) is 18.4 Å². The molecule has 0 spiro atoms. The average molecular weight is 330 g/mol. The normalized spacial score (nSPS) is 22.5. The van der Waals surface area contributed by atoms with Crippen LogP contribution in [-0.2, 0) is 0 Å². The maximum absolute atomic E-state index is 14.1. The number of anilines is 1. The van der Waals surface area contributed by atoms with Gasteiger partial charge in [0.05, 0.1) is 17.9 Å². The SMILES string of the molecule is CC(C)c1c(Cl)c(F)c2cnc(N[C@@H]3CCNC[C@H]3F)nn12. The first-order chi connectivity index (χ1) is 10.5. The molecule has 0 amide bonds. The highest BCUT2D eigenvalue weighted by molar-refractivity contribution is 6.32. The number of rotatable bonds is 3. The lowest BCUT2D eigenvalue weighted by molar-refractivity contribution is 0.244. The predicted octanol–water partition coefficient (Wildman–Crippen LogP) is 2.76. The van der Waals surface area contributed by atoms with Crippen LogP contribution in [0.25, 0.3) is 5.52 Å². The second-order valence-corrected chi connectivity index (χ2v) is 6.18. The van der Waals surface area contributed by atoms with Crippen LogP contribution >= 0.6 is 11.6 Å². The van der Waals surface area contributed by atoms with Crippen molar-refractivity contribution >= 4 is 23.1 Å². The van der Waals surface area contributed by atoms with Crippen LogP contribution in [0.15, 0.2) is 6.20 Å². The molecule has 3 heterocycles. The van der Waals surface area contributed by atoms with Gasteiger partial charge in [-0.05, 0) is 18.9 Å². The van der Waals surface area contributed by atoms with E-state index in [-0.39, 0.29) is 28.4 Å². The lowest BCUT2D eigenvalue weighted by Crippen LogP contribution is -2.45. The summed E-state index contributed by atoms with van der Waals surface area (Å²) in [5.41, 5.74) is 0.808. The molecule has 0 radical (unpaired) electrons. The molecule has 1 aliphatic heterocycles. The molecule has 1 saturated heterocycles. The summed E-state index contributed by atoms with van der Waals surface area (Å²) < 4.78 is 29.4. The number of aromatic nitrogens is 3. The summed E-state index contributed by atoms with van der Waals surface area (Å²) in [4.78, 5) is 4.08. The van der Waals surface area contributed by atoms with E-state index >= 15 is 0 Å². The van der Waals surface area contributed by atoms with Gasteiger partial charge in [0.2, 0.25) is 5.95 Å². The van der Waals surface area contributed by atoms with Crippen molar-refractivity contribution < 1.29 is 8.78 Å². The van der Waals surface area contributed by atoms with E-state index in [1.54, 1.807) is 0 Å². The summed E-state index contributed by atoms with van der Waals surface area (Å²) >= 11 is 6.05. The number of halogens is 3. The Kier molecular flexibility index (Phi) is 4.18. The number of nitrogens with zero attached hydrogens (tertiary/aromatic N) is 3. The van der Waals surface area contributed by atoms with Crippen LogP contribution in [0.5, 0.6) is 0 Å². The molecule has 0 aromatic carbocycles. The van der Waals surface area contributed by atoms with Gasteiger partial charge in [-0.3, -0.25) is 0 Å². The zero-order valence-corrected chi connectivity index (χ0v) is 13.2. The summed E-state index contributed by atoms with van der Waals surface area (Å²) in [6, 6.07) is -0.350. The Morgan fingerprint density at radius 3 is 2.95 bits per heavy atom. The molecule has 2 aromatic heterocycles. The van der Waals surface area contributed by atoms with Crippen LogP contribution < -0.4 is 10.6 Å². The smallest absolute Gasteiger partial charge is 0.241 e. The van der Waals surface area contributed by atoms with Crippen LogP contribution in [0.2, 0.25) is 5.02 Å². The Morgan fingerprint density at radius 1 is 1.50 bits per heavy atom. The summed E-state index contributed by atoms with van der Waals surface area (Å²) in [6.07, 6.45) is 1.000. The second kappa shape index (κ2) is 5.96. The molecule has 2 atom stereocenters. The number of alkyl halides is 1. The lowest BCUT2D eigenvalue weighted by Gasteiger charge is -2.27. The van der Waals surface area contributed by atoms with Crippen molar-refractivity contribution in [3.63, 3.8) is 0 Å². The maximum atomic E-state index is 14.1. The topological polar surface area (TPSA) is 54.2 Å². The third kappa shape index (κ3) is 2.63. The number of hydrogen-bond acceptors (Lipinski definition) is 4. The quantitative estimate of drug-likeness (QED) is 0.909. The molecule has 3 rings (SSSR count). The van der Waals surface area contributed by atoms with E-state index in [1.807, 2.05) is 13.8 Å². The number of fused-ring (bicyclic) bond motifs is 1. The van der Waals surface area contributed by atoms with Gasteiger partial charge in [0, 0.05) is 6.54 Å². The Labute approximate surface area is 132 Å². The van der Waals surface area contributed by atoms with Gasteiger partial charge in [0.1, 0.15) is 16.7 Å². The Balaban J connectivity index is 1.97. The van der Waals surface area contributed by atoms with Gasteiger partial charge in [-0.25, -0.2) is 18.3 Å².